The third-order valence-electron chi connectivity index (χ3n) is 8.70. The molecule has 10 heteroatoms. The molecule has 0 unspecified atom stereocenters. The molecule has 10 nitrogen and oxygen atoms in total. The maximum atomic E-state index is 6.68. The Hall–Kier alpha value is -4.80. The summed E-state index contributed by atoms with van der Waals surface area (Å²) < 4.78 is 12.5. The molecule has 2 saturated heterocycles. The van der Waals surface area contributed by atoms with Gasteiger partial charge in [-0.3, -0.25) is 25.1 Å². The molecule has 2 aromatic carbocycles. The van der Waals surface area contributed by atoms with Crippen molar-refractivity contribution >= 4 is 33.2 Å². The van der Waals surface area contributed by atoms with Crippen LogP contribution in [-0.4, -0.2) is 73.6 Å². The Labute approximate surface area is 234 Å². The van der Waals surface area contributed by atoms with E-state index in [1.807, 2.05) is 24.8 Å². The van der Waals surface area contributed by atoms with Crippen LogP contribution in [0.4, 0.5) is 11.4 Å². The molecule has 0 radical (unpaired) electrons. The van der Waals surface area contributed by atoms with Crippen molar-refractivity contribution in [1.29, 1.82) is 0 Å². The van der Waals surface area contributed by atoms with Crippen LogP contribution < -0.4 is 9.64 Å². The molecule has 2 bridgehead atoms. The number of aromatic nitrogens is 6. The molecule has 0 saturated carbocycles. The van der Waals surface area contributed by atoms with Crippen LogP contribution in [0.25, 0.3) is 44.1 Å². The highest BCUT2D eigenvalue weighted by Gasteiger charge is 2.39. The van der Waals surface area contributed by atoms with E-state index in [4.69, 9.17) is 9.47 Å². The highest BCUT2D eigenvalue weighted by atomic mass is 16.5. The fourth-order valence-electron chi connectivity index (χ4n) is 6.63. The van der Waals surface area contributed by atoms with Gasteiger partial charge < -0.3 is 14.4 Å². The van der Waals surface area contributed by atoms with Crippen LogP contribution in [0, 0.1) is 0 Å². The maximum absolute atomic E-state index is 6.68. The number of fused-ring (bicyclic) bond motifs is 6. The van der Waals surface area contributed by atoms with E-state index in [2.05, 4.69) is 76.6 Å². The first-order valence-corrected chi connectivity index (χ1v) is 13.9. The number of rotatable bonds is 5. The number of ether oxygens (including phenoxy) is 2. The van der Waals surface area contributed by atoms with Crippen molar-refractivity contribution in [1.82, 2.24) is 35.3 Å². The van der Waals surface area contributed by atoms with Gasteiger partial charge in [-0.25, -0.2) is 0 Å². The number of aromatic amines is 2. The van der Waals surface area contributed by atoms with Gasteiger partial charge in [-0.1, -0.05) is 12.1 Å². The lowest BCUT2D eigenvalue weighted by Crippen LogP contribution is -2.41. The van der Waals surface area contributed by atoms with Crippen molar-refractivity contribution in [3.05, 3.63) is 73.6 Å². The second-order valence-corrected chi connectivity index (χ2v) is 11.0. The number of benzene rings is 2. The summed E-state index contributed by atoms with van der Waals surface area (Å²) in [6.07, 6.45) is 12.6. The number of likely N-dealkylation sites (tertiary alicyclic amines) is 1. The molecule has 0 amide bonds. The molecule has 2 atom stereocenters. The first-order valence-electron chi connectivity index (χ1n) is 13.9. The summed E-state index contributed by atoms with van der Waals surface area (Å²) >= 11 is 0. The van der Waals surface area contributed by atoms with Crippen LogP contribution >= 0.6 is 0 Å². The topological polar surface area (TPSA) is 108 Å². The zero-order valence-corrected chi connectivity index (χ0v) is 22.1. The molecule has 0 aliphatic carbocycles. The summed E-state index contributed by atoms with van der Waals surface area (Å²) in [7, 11) is 0. The normalized spacial score (nSPS) is 19.6. The molecule has 2 fully saturated rings. The van der Waals surface area contributed by atoms with E-state index in [1.54, 1.807) is 12.4 Å². The lowest BCUT2D eigenvalue weighted by molar-refractivity contribution is 0.0320. The van der Waals surface area contributed by atoms with Gasteiger partial charge in [0.25, 0.3) is 0 Å². The van der Waals surface area contributed by atoms with Gasteiger partial charge in [0.1, 0.15) is 0 Å². The van der Waals surface area contributed by atoms with E-state index in [9.17, 15) is 0 Å². The molecular formula is C31H26N8O2. The fraction of sp³-hybridized carbons (Fsp3) is 0.226. The van der Waals surface area contributed by atoms with Gasteiger partial charge >= 0.3 is 0 Å². The Bertz CT molecular complexity index is 1820. The second kappa shape index (κ2) is 8.85. The fourth-order valence-corrected chi connectivity index (χ4v) is 6.63. The first-order chi connectivity index (χ1) is 20.3. The molecular weight excluding hydrogens is 516 g/mol. The smallest absolute Gasteiger partial charge is 0.151 e. The summed E-state index contributed by atoms with van der Waals surface area (Å²) in [5.74, 6) is 1.64. The van der Waals surface area contributed by atoms with Gasteiger partial charge in [0.05, 0.1) is 59.9 Å². The average molecular weight is 543 g/mol. The zero-order chi connectivity index (χ0) is 26.9. The number of H-pyrrole nitrogens is 2. The summed E-state index contributed by atoms with van der Waals surface area (Å²) in [6.45, 7) is 3.66. The number of nitrogens with zero attached hydrogens (tertiary/aromatic N) is 6. The van der Waals surface area contributed by atoms with Gasteiger partial charge in [-0.15, -0.1) is 0 Å². The van der Waals surface area contributed by atoms with Gasteiger partial charge in [-0.05, 0) is 41.8 Å². The molecule has 7 heterocycles. The van der Waals surface area contributed by atoms with E-state index in [0.29, 0.717) is 12.1 Å². The van der Waals surface area contributed by atoms with Crippen LogP contribution in [0.5, 0.6) is 11.5 Å². The van der Waals surface area contributed by atoms with Gasteiger partial charge in [0.2, 0.25) is 0 Å². The third kappa shape index (κ3) is 3.64. The molecule has 202 valence electrons. The molecule has 2 N–H and O–H groups in total. The minimum absolute atomic E-state index is 0.382. The number of hydrogen-bond acceptors (Lipinski definition) is 8. The second-order valence-electron chi connectivity index (χ2n) is 11.0. The van der Waals surface area contributed by atoms with Crippen LogP contribution in [-0.2, 0) is 4.74 Å². The Morgan fingerprint density at radius 3 is 1.95 bits per heavy atom. The highest BCUT2D eigenvalue weighted by Crippen LogP contribution is 2.49. The van der Waals surface area contributed by atoms with E-state index < -0.39 is 0 Å². The molecule has 4 aromatic heterocycles. The minimum Gasteiger partial charge on any atom is -0.453 e. The van der Waals surface area contributed by atoms with Crippen LogP contribution in [0.1, 0.15) is 6.42 Å². The summed E-state index contributed by atoms with van der Waals surface area (Å²) in [6, 6.07) is 13.4. The predicted molar refractivity (Wildman–Crippen MR) is 155 cm³/mol. The highest BCUT2D eigenvalue weighted by molar-refractivity contribution is 5.96. The van der Waals surface area contributed by atoms with Crippen molar-refractivity contribution in [3.8, 4) is 33.8 Å². The average Bonchev–Trinajstić information content (AvgIpc) is 3.83. The zero-order valence-electron chi connectivity index (χ0n) is 22.1. The lowest BCUT2D eigenvalue weighted by atomic mass is 10.0. The molecule has 6 aromatic rings. The van der Waals surface area contributed by atoms with E-state index in [-0.39, 0.29) is 0 Å². The van der Waals surface area contributed by atoms with E-state index in [1.165, 1.54) is 0 Å². The van der Waals surface area contributed by atoms with Crippen molar-refractivity contribution < 1.29 is 9.47 Å². The number of morpholine rings is 1. The number of nitrogens with one attached hydrogen (secondary N) is 2. The maximum Gasteiger partial charge on any atom is 0.151 e. The molecule has 0 spiro atoms. The lowest BCUT2D eigenvalue weighted by Gasteiger charge is -2.35. The standard InChI is InChI=1S/C31H26N8O2/c1-3-28-30(7-18(1)22-10-32-14-26-24(22)12-34-36-26)41-31-8-19(23-11-33-15-27-25(23)13-35-37-27)2-4-29(31)39(28)6-5-38-16-21-9-20(38)17-40-21/h1-4,7-8,10-15,20-21H,5-6,9,16-17H2,(H,34,36)(H,35,37)/t20-,21-/m1/s1. The Morgan fingerprint density at radius 1 is 0.756 bits per heavy atom. The van der Waals surface area contributed by atoms with Gasteiger partial charge in [0, 0.05) is 60.0 Å². The summed E-state index contributed by atoms with van der Waals surface area (Å²) in [5, 5.41) is 16.5. The minimum atomic E-state index is 0.382. The van der Waals surface area contributed by atoms with E-state index >= 15 is 0 Å². The van der Waals surface area contributed by atoms with Crippen LogP contribution in [0.2, 0.25) is 0 Å². The third-order valence-corrected chi connectivity index (χ3v) is 8.70. The van der Waals surface area contributed by atoms with Crippen molar-refractivity contribution in [2.24, 2.45) is 0 Å². The quantitative estimate of drug-likeness (QED) is 0.303. The largest absolute Gasteiger partial charge is 0.453 e. The Morgan fingerprint density at radius 2 is 1.39 bits per heavy atom. The Kier molecular flexibility index (Phi) is 4.96. The van der Waals surface area contributed by atoms with Crippen molar-refractivity contribution in [3.63, 3.8) is 0 Å². The number of hydrogen-bond donors (Lipinski definition) is 2. The Balaban J connectivity index is 1.13. The van der Waals surface area contributed by atoms with Gasteiger partial charge in [-0.2, -0.15) is 10.2 Å². The molecule has 9 rings (SSSR count). The van der Waals surface area contributed by atoms with Crippen LogP contribution in [0.15, 0.2) is 73.6 Å². The van der Waals surface area contributed by atoms with Crippen molar-refractivity contribution in [2.75, 3.05) is 31.1 Å². The summed E-state index contributed by atoms with van der Waals surface area (Å²) in [4.78, 5) is 13.8. The van der Waals surface area contributed by atoms with Crippen LogP contribution in [0.3, 0.4) is 0 Å². The molecule has 3 aliphatic rings. The number of anilines is 2. The van der Waals surface area contributed by atoms with Crippen molar-refractivity contribution in [2.45, 2.75) is 18.6 Å². The van der Waals surface area contributed by atoms with E-state index in [0.717, 1.165) is 99.6 Å². The predicted octanol–water partition coefficient (Wildman–Crippen LogP) is 5.28. The number of pyridine rings is 2. The monoisotopic (exact) mass is 542 g/mol. The van der Waals surface area contributed by atoms with Gasteiger partial charge in [0.15, 0.2) is 11.5 Å². The molecule has 3 aliphatic heterocycles. The first kappa shape index (κ1) is 23.0. The molecule has 41 heavy (non-hydrogen) atoms. The summed E-state index contributed by atoms with van der Waals surface area (Å²) in [5.41, 5.74) is 8.01. The SMILES string of the molecule is c1cc2c(cc1-c1cncc3[nH]ncc13)Oc1cc(-c3cncc4[nH]ncc34)ccc1N2CCN1C[C@H]2C[C@@H]1CO2.